The molecular weight excluding hydrogens is 269 g/mol. The van der Waals surface area contributed by atoms with Gasteiger partial charge in [-0.1, -0.05) is 49.2 Å². The summed E-state index contributed by atoms with van der Waals surface area (Å²) in [5, 5.41) is 1.95. The number of rotatable bonds is 3. The van der Waals surface area contributed by atoms with Gasteiger partial charge in [0.2, 0.25) is 0 Å². The molecule has 0 saturated carbocycles. The van der Waals surface area contributed by atoms with Crippen molar-refractivity contribution in [3.8, 4) is 0 Å². The fourth-order valence-electron chi connectivity index (χ4n) is 2.21. The van der Waals surface area contributed by atoms with E-state index >= 15 is 0 Å². The third-order valence-corrected chi connectivity index (χ3v) is 3.57. The van der Waals surface area contributed by atoms with Crippen LogP contribution in [0.15, 0.2) is 18.2 Å². The molecule has 2 rings (SSSR count). The minimum Gasteiger partial charge on any atom is -0.330 e. The second-order valence-corrected chi connectivity index (χ2v) is 5.63. The van der Waals surface area contributed by atoms with Crippen LogP contribution in [0, 0.1) is 5.92 Å². The van der Waals surface area contributed by atoms with Crippen LogP contribution in [0.25, 0.3) is 10.9 Å². The van der Waals surface area contributed by atoms with Gasteiger partial charge >= 0.3 is 0 Å². The summed E-state index contributed by atoms with van der Waals surface area (Å²) in [4.78, 5) is 11.7. The van der Waals surface area contributed by atoms with E-state index in [2.05, 4.69) is 13.8 Å². The van der Waals surface area contributed by atoms with Crippen molar-refractivity contribution in [3.05, 3.63) is 33.9 Å². The summed E-state index contributed by atoms with van der Waals surface area (Å²) in [6.45, 7) is 6.48. The van der Waals surface area contributed by atoms with Crippen LogP contribution in [0.1, 0.15) is 31.1 Å². The lowest BCUT2D eigenvalue weighted by molar-refractivity contribution is 0.101. The number of hydrogen-bond acceptors (Lipinski definition) is 1. The zero-order valence-corrected chi connectivity index (χ0v) is 12.1. The number of carbonyl (C=O) groups is 1. The fourth-order valence-corrected chi connectivity index (χ4v) is 2.87. The maximum absolute atomic E-state index is 11.7. The highest BCUT2D eigenvalue weighted by atomic mass is 35.5. The maximum atomic E-state index is 11.7. The van der Waals surface area contributed by atoms with E-state index < -0.39 is 0 Å². The van der Waals surface area contributed by atoms with Crippen LogP contribution in [0.3, 0.4) is 0 Å². The van der Waals surface area contributed by atoms with Crippen LogP contribution >= 0.6 is 23.2 Å². The van der Waals surface area contributed by atoms with Crippen LogP contribution in [0.5, 0.6) is 0 Å². The van der Waals surface area contributed by atoms with Gasteiger partial charge in [-0.2, -0.15) is 0 Å². The number of para-hydroxylation sites is 1. The van der Waals surface area contributed by atoms with Crippen molar-refractivity contribution in [2.45, 2.75) is 27.3 Å². The Balaban J connectivity index is 2.83. The van der Waals surface area contributed by atoms with Crippen LogP contribution in [0.2, 0.25) is 10.2 Å². The summed E-state index contributed by atoms with van der Waals surface area (Å²) in [7, 11) is 0. The number of benzene rings is 1. The molecule has 0 bridgehead atoms. The number of fused-ring (bicyclic) bond motifs is 1. The second kappa shape index (κ2) is 4.94. The van der Waals surface area contributed by atoms with E-state index in [0.29, 0.717) is 21.7 Å². The normalized spacial score (nSPS) is 11.4. The van der Waals surface area contributed by atoms with Gasteiger partial charge in [0.05, 0.1) is 16.1 Å². The van der Waals surface area contributed by atoms with Gasteiger partial charge in [-0.3, -0.25) is 4.79 Å². The third-order valence-electron chi connectivity index (χ3n) is 2.87. The molecule has 0 saturated heterocycles. The highest BCUT2D eigenvalue weighted by Gasteiger charge is 2.20. The lowest BCUT2D eigenvalue weighted by atomic mass is 10.1. The minimum absolute atomic E-state index is 0.0326. The van der Waals surface area contributed by atoms with E-state index in [4.69, 9.17) is 23.2 Å². The Morgan fingerprint density at radius 3 is 2.56 bits per heavy atom. The van der Waals surface area contributed by atoms with Crippen molar-refractivity contribution < 1.29 is 4.79 Å². The van der Waals surface area contributed by atoms with Crippen molar-refractivity contribution >= 4 is 39.9 Å². The van der Waals surface area contributed by atoms with E-state index in [-0.39, 0.29) is 5.78 Å². The number of aromatic nitrogens is 1. The molecule has 1 aromatic heterocycles. The smallest absolute Gasteiger partial charge is 0.163 e. The second-order valence-electron chi connectivity index (χ2n) is 4.86. The van der Waals surface area contributed by atoms with E-state index in [9.17, 15) is 4.79 Å². The number of carbonyl (C=O) groups excluding carboxylic acids is 1. The largest absolute Gasteiger partial charge is 0.330 e. The first kappa shape index (κ1) is 13.4. The molecule has 18 heavy (non-hydrogen) atoms. The lowest BCUT2D eigenvalue weighted by Crippen LogP contribution is -2.05. The monoisotopic (exact) mass is 283 g/mol. The molecule has 0 fully saturated rings. The molecule has 4 heteroatoms. The number of halogens is 2. The fraction of sp³-hybridized carbons (Fsp3) is 0.357. The van der Waals surface area contributed by atoms with Crippen LogP contribution in [0.4, 0.5) is 0 Å². The summed E-state index contributed by atoms with van der Waals surface area (Å²) >= 11 is 12.6. The number of nitrogens with zero attached hydrogens (tertiary/aromatic N) is 1. The van der Waals surface area contributed by atoms with Gasteiger partial charge in [-0.15, -0.1) is 0 Å². The average Bonchev–Trinajstić information content (AvgIpc) is 2.52. The van der Waals surface area contributed by atoms with E-state index in [1.807, 2.05) is 22.8 Å². The molecule has 2 nitrogen and oxygen atoms in total. The summed E-state index contributed by atoms with van der Waals surface area (Å²) in [6, 6.07) is 5.55. The molecule has 1 heterocycles. The van der Waals surface area contributed by atoms with Gasteiger partial charge in [0, 0.05) is 11.9 Å². The van der Waals surface area contributed by atoms with Crippen LogP contribution < -0.4 is 0 Å². The first-order chi connectivity index (χ1) is 8.43. The molecule has 0 atom stereocenters. The summed E-state index contributed by atoms with van der Waals surface area (Å²) < 4.78 is 1.93. The van der Waals surface area contributed by atoms with Crippen molar-refractivity contribution in [3.63, 3.8) is 0 Å². The van der Waals surface area contributed by atoms with Gasteiger partial charge in [-0.05, 0) is 18.9 Å². The quantitative estimate of drug-likeness (QED) is 0.741. The van der Waals surface area contributed by atoms with Gasteiger partial charge in [-0.25, -0.2) is 0 Å². The molecule has 0 spiro atoms. The molecular formula is C14H15Cl2NO. The zero-order chi connectivity index (χ0) is 13.4. The SMILES string of the molecule is CC(=O)c1c(Cl)n(CC(C)C)c2c(Cl)cccc12. The molecule has 0 aliphatic rings. The highest BCUT2D eigenvalue weighted by molar-refractivity contribution is 6.39. The van der Waals surface area contributed by atoms with E-state index in [1.165, 1.54) is 6.92 Å². The maximum Gasteiger partial charge on any atom is 0.163 e. The minimum atomic E-state index is -0.0326. The Morgan fingerprint density at radius 1 is 1.33 bits per heavy atom. The van der Waals surface area contributed by atoms with Crippen LogP contribution in [-0.4, -0.2) is 10.4 Å². The molecule has 0 aliphatic carbocycles. The average molecular weight is 284 g/mol. The molecule has 0 unspecified atom stereocenters. The van der Waals surface area contributed by atoms with Gasteiger partial charge < -0.3 is 4.57 Å². The summed E-state index contributed by atoms with van der Waals surface area (Å²) in [6.07, 6.45) is 0. The topological polar surface area (TPSA) is 22.0 Å². The molecule has 0 radical (unpaired) electrons. The molecule has 1 aromatic carbocycles. The van der Waals surface area contributed by atoms with Crippen molar-refractivity contribution in [1.29, 1.82) is 0 Å². The van der Waals surface area contributed by atoms with E-state index in [1.54, 1.807) is 0 Å². The Hall–Kier alpha value is -0.990. The van der Waals surface area contributed by atoms with Gasteiger partial charge in [0.1, 0.15) is 5.15 Å². The van der Waals surface area contributed by atoms with Crippen LogP contribution in [-0.2, 0) is 6.54 Å². The highest BCUT2D eigenvalue weighted by Crippen LogP contribution is 2.35. The Morgan fingerprint density at radius 2 is 2.00 bits per heavy atom. The van der Waals surface area contributed by atoms with E-state index in [0.717, 1.165) is 17.4 Å². The first-order valence-corrected chi connectivity index (χ1v) is 6.66. The standard InChI is InChI=1S/C14H15Cl2NO/c1-8(2)7-17-13-10(5-4-6-11(13)15)12(9(3)18)14(17)16/h4-6,8H,7H2,1-3H3. The predicted octanol–water partition coefficient (Wildman–Crippen LogP) is 4.81. The van der Waals surface area contributed by atoms with Crippen molar-refractivity contribution in [1.82, 2.24) is 4.57 Å². The Kier molecular flexibility index (Phi) is 3.69. The summed E-state index contributed by atoms with van der Waals surface area (Å²) in [5.74, 6) is 0.393. The Labute approximate surface area is 116 Å². The third kappa shape index (κ3) is 2.15. The molecule has 96 valence electrons. The number of ketones is 1. The van der Waals surface area contributed by atoms with Gasteiger partial charge in [0.25, 0.3) is 0 Å². The lowest BCUT2D eigenvalue weighted by Gasteiger charge is -2.10. The summed E-state index contributed by atoms with van der Waals surface area (Å²) in [5.41, 5.74) is 1.41. The first-order valence-electron chi connectivity index (χ1n) is 5.90. The van der Waals surface area contributed by atoms with Crippen molar-refractivity contribution in [2.24, 2.45) is 5.92 Å². The number of hydrogen-bond donors (Lipinski definition) is 0. The van der Waals surface area contributed by atoms with Crippen molar-refractivity contribution in [2.75, 3.05) is 0 Å². The molecule has 0 amide bonds. The Bertz CT molecular complexity index is 614. The zero-order valence-electron chi connectivity index (χ0n) is 10.6. The predicted molar refractivity (Wildman–Crippen MR) is 76.8 cm³/mol. The molecule has 2 aromatic rings. The number of Topliss-reactive ketones (excluding diaryl/α,β-unsaturated/α-hetero) is 1. The molecule has 0 aliphatic heterocycles. The molecule has 0 N–H and O–H groups in total. The van der Waals surface area contributed by atoms with Gasteiger partial charge in [0.15, 0.2) is 5.78 Å².